The highest BCUT2D eigenvalue weighted by Gasteiger charge is 2.60. The number of hydrogen-bond acceptors (Lipinski definition) is 6. The molecule has 0 aliphatic heterocycles. The third-order valence-corrected chi connectivity index (χ3v) is 5.26. The van der Waals surface area contributed by atoms with Gasteiger partial charge < -0.3 is 34.4 Å². The molecule has 0 radical (unpaired) electrons. The highest BCUT2D eigenvalue weighted by atomic mass is 15.1. The van der Waals surface area contributed by atoms with Crippen LogP contribution in [0.25, 0.3) is 0 Å². The van der Waals surface area contributed by atoms with Crippen molar-refractivity contribution < 1.29 is 0 Å². The molecule has 0 bridgehead atoms. The Hall–Kier alpha value is -0.240. The van der Waals surface area contributed by atoms with Crippen molar-refractivity contribution in [3.05, 3.63) is 0 Å². The van der Waals surface area contributed by atoms with Gasteiger partial charge in [0.2, 0.25) is 0 Å². The first-order valence-electron chi connectivity index (χ1n) is 6.95. The lowest BCUT2D eigenvalue weighted by atomic mass is 9.56. The summed E-state index contributed by atoms with van der Waals surface area (Å²) >= 11 is 0. The predicted molar refractivity (Wildman–Crippen MR) is 73.4 cm³/mol. The molecule has 2 rings (SSSR count). The van der Waals surface area contributed by atoms with Gasteiger partial charge in [0.1, 0.15) is 0 Å². The van der Waals surface area contributed by atoms with Crippen LogP contribution in [-0.4, -0.2) is 35.2 Å². The summed E-state index contributed by atoms with van der Waals surface area (Å²) in [5.74, 6) is 0. The van der Waals surface area contributed by atoms with Gasteiger partial charge in [-0.25, -0.2) is 0 Å². The Kier molecular flexibility index (Phi) is 3.70. The smallest absolute Gasteiger partial charge is 0.0673 e. The molecule has 0 amide bonds. The molecule has 0 aromatic carbocycles. The van der Waals surface area contributed by atoms with Gasteiger partial charge in [0.25, 0.3) is 0 Å². The van der Waals surface area contributed by atoms with Crippen molar-refractivity contribution in [2.75, 3.05) is 0 Å². The van der Waals surface area contributed by atoms with Gasteiger partial charge >= 0.3 is 0 Å². The molecule has 6 heteroatoms. The first-order chi connectivity index (χ1) is 8.35. The number of hydrogen-bond donors (Lipinski definition) is 6. The molecule has 18 heavy (non-hydrogen) atoms. The predicted octanol–water partition coefficient (Wildman–Crippen LogP) is -1.94. The maximum atomic E-state index is 6.60. The van der Waals surface area contributed by atoms with Crippen LogP contribution in [0.15, 0.2) is 0 Å². The maximum absolute atomic E-state index is 6.60. The zero-order valence-corrected chi connectivity index (χ0v) is 11.0. The van der Waals surface area contributed by atoms with Crippen molar-refractivity contribution in [1.82, 2.24) is 0 Å². The quantitative estimate of drug-likeness (QED) is 0.320. The minimum Gasteiger partial charge on any atom is -0.326 e. The minimum atomic E-state index is -0.871. The molecule has 6 nitrogen and oxygen atoms in total. The number of rotatable bonds is 1. The lowest BCUT2D eigenvalue weighted by Crippen LogP contribution is -2.89. The molecule has 2 saturated carbocycles. The van der Waals surface area contributed by atoms with Gasteiger partial charge in [-0.2, -0.15) is 0 Å². The van der Waals surface area contributed by atoms with Crippen LogP contribution in [0.4, 0.5) is 0 Å². The SMILES string of the molecule is NC1CCCC(N)C1(N)C1(N)C(N)CCCC1N. The largest absolute Gasteiger partial charge is 0.326 e. The van der Waals surface area contributed by atoms with Crippen molar-refractivity contribution in [3.8, 4) is 0 Å². The van der Waals surface area contributed by atoms with Crippen LogP contribution >= 0.6 is 0 Å². The molecule has 12 N–H and O–H groups in total. The van der Waals surface area contributed by atoms with E-state index in [9.17, 15) is 0 Å². The zero-order valence-electron chi connectivity index (χ0n) is 11.0. The van der Waals surface area contributed by atoms with Crippen molar-refractivity contribution in [2.24, 2.45) is 34.4 Å². The highest BCUT2D eigenvalue weighted by Crippen LogP contribution is 2.39. The normalized spacial score (nSPS) is 54.3. The Balaban J connectivity index is 2.41. The molecule has 0 aromatic heterocycles. The van der Waals surface area contributed by atoms with Crippen LogP contribution < -0.4 is 34.4 Å². The van der Waals surface area contributed by atoms with E-state index in [1.54, 1.807) is 0 Å². The fraction of sp³-hybridized carbons (Fsp3) is 1.00. The Morgan fingerprint density at radius 2 is 0.778 bits per heavy atom. The lowest BCUT2D eigenvalue weighted by molar-refractivity contribution is 0.0488. The standard InChI is InChI=1S/C12H28N6/c13-7-3-1-4-8(14)11(7,17)12(18)9(15)5-2-6-10(12)16/h7-10H,1-6,13-18H2. The van der Waals surface area contributed by atoms with Crippen LogP contribution in [0.5, 0.6) is 0 Å². The summed E-state index contributed by atoms with van der Waals surface area (Å²) in [6.07, 6.45) is 5.32. The van der Waals surface area contributed by atoms with Gasteiger partial charge in [-0.1, -0.05) is 12.8 Å². The van der Waals surface area contributed by atoms with Gasteiger partial charge in [-0.3, -0.25) is 0 Å². The van der Waals surface area contributed by atoms with E-state index in [1.165, 1.54) is 0 Å². The van der Waals surface area contributed by atoms with Crippen molar-refractivity contribution in [1.29, 1.82) is 0 Å². The summed E-state index contributed by atoms with van der Waals surface area (Å²) in [6.45, 7) is 0. The van der Waals surface area contributed by atoms with E-state index >= 15 is 0 Å². The van der Waals surface area contributed by atoms with E-state index in [4.69, 9.17) is 34.4 Å². The summed E-state index contributed by atoms with van der Waals surface area (Å²) in [7, 11) is 0. The molecular weight excluding hydrogens is 228 g/mol. The van der Waals surface area contributed by atoms with Crippen LogP contribution in [0.1, 0.15) is 38.5 Å². The summed E-state index contributed by atoms with van der Waals surface area (Å²) in [5.41, 5.74) is 36.5. The lowest BCUT2D eigenvalue weighted by Gasteiger charge is -2.60. The summed E-state index contributed by atoms with van der Waals surface area (Å²) in [5, 5.41) is 0. The van der Waals surface area contributed by atoms with E-state index in [1.807, 2.05) is 0 Å². The summed E-state index contributed by atoms with van der Waals surface area (Å²) in [6, 6.07) is -0.939. The summed E-state index contributed by atoms with van der Waals surface area (Å²) in [4.78, 5) is 0. The first kappa shape index (κ1) is 14.2. The monoisotopic (exact) mass is 256 g/mol. The van der Waals surface area contributed by atoms with Crippen molar-refractivity contribution in [2.45, 2.75) is 73.8 Å². The van der Waals surface area contributed by atoms with E-state index in [0.29, 0.717) is 0 Å². The van der Waals surface area contributed by atoms with Gasteiger partial charge in [0.15, 0.2) is 0 Å². The number of nitrogens with two attached hydrogens (primary N) is 6. The fourth-order valence-corrected chi connectivity index (χ4v) is 3.91. The van der Waals surface area contributed by atoms with E-state index < -0.39 is 11.1 Å². The molecule has 4 atom stereocenters. The Labute approximate surface area is 109 Å². The van der Waals surface area contributed by atoms with Gasteiger partial charge in [0.05, 0.1) is 11.1 Å². The van der Waals surface area contributed by atoms with Gasteiger partial charge in [-0.15, -0.1) is 0 Å². The van der Waals surface area contributed by atoms with Crippen molar-refractivity contribution in [3.63, 3.8) is 0 Å². The average Bonchev–Trinajstić information content (AvgIpc) is 2.32. The van der Waals surface area contributed by atoms with Gasteiger partial charge in [-0.05, 0) is 25.7 Å². The Morgan fingerprint density at radius 1 is 0.556 bits per heavy atom. The average molecular weight is 256 g/mol. The molecule has 2 aliphatic carbocycles. The van der Waals surface area contributed by atoms with E-state index in [2.05, 4.69) is 0 Å². The second-order valence-electron chi connectivity index (χ2n) is 6.15. The van der Waals surface area contributed by atoms with Crippen LogP contribution in [0.2, 0.25) is 0 Å². The summed E-state index contributed by atoms with van der Waals surface area (Å²) < 4.78 is 0. The molecule has 2 aliphatic rings. The van der Waals surface area contributed by atoms with E-state index in [-0.39, 0.29) is 24.2 Å². The second-order valence-corrected chi connectivity index (χ2v) is 6.15. The van der Waals surface area contributed by atoms with Crippen LogP contribution in [0, 0.1) is 0 Å². The van der Waals surface area contributed by atoms with Crippen molar-refractivity contribution >= 4 is 0 Å². The molecule has 0 spiro atoms. The third-order valence-electron chi connectivity index (χ3n) is 5.26. The topological polar surface area (TPSA) is 156 Å². The van der Waals surface area contributed by atoms with E-state index in [0.717, 1.165) is 38.5 Å². The molecule has 0 saturated heterocycles. The second kappa shape index (κ2) is 4.70. The Bertz CT molecular complexity index is 257. The molecule has 0 aromatic rings. The molecular formula is C12H28N6. The van der Waals surface area contributed by atoms with Crippen LogP contribution in [-0.2, 0) is 0 Å². The third kappa shape index (κ3) is 1.71. The first-order valence-corrected chi connectivity index (χ1v) is 6.95. The van der Waals surface area contributed by atoms with Gasteiger partial charge in [0, 0.05) is 24.2 Å². The highest BCUT2D eigenvalue weighted by molar-refractivity contribution is 5.26. The molecule has 106 valence electrons. The molecule has 2 fully saturated rings. The molecule has 0 heterocycles. The zero-order chi connectivity index (χ0) is 13.6. The minimum absolute atomic E-state index is 0.235. The van der Waals surface area contributed by atoms with Crippen LogP contribution in [0.3, 0.4) is 0 Å². The maximum Gasteiger partial charge on any atom is 0.0673 e. The molecule has 4 unspecified atom stereocenters. The Morgan fingerprint density at radius 3 is 1.00 bits per heavy atom. The fourth-order valence-electron chi connectivity index (χ4n) is 3.91.